The number of unbranched alkanes of at least 4 members (excludes halogenated alkanes) is 16. The van der Waals surface area contributed by atoms with E-state index < -0.39 is 10.4 Å². The second-order valence-corrected chi connectivity index (χ2v) is 13.0. The topological polar surface area (TPSA) is 125 Å². The fourth-order valence-electron chi connectivity index (χ4n) is 4.48. The van der Waals surface area contributed by atoms with Crippen LogP contribution in [0.25, 0.3) is 0 Å². The fraction of sp³-hybridized carbons (Fsp3) is 0.935. The van der Waals surface area contributed by atoms with Gasteiger partial charge in [-0.05, 0) is 12.8 Å². The lowest BCUT2D eigenvalue weighted by Gasteiger charge is -2.30. The smallest absolute Gasteiger partial charge is 0.220 e. The minimum absolute atomic E-state index is 0.183. The van der Waals surface area contributed by atoms with Crippen molar-refractivity contribution in [1.82, 2.24) is 10.6 Å². The predicted molar refractivity (Wildman–Crippen MR) is 168 cm³/mol. The van der Waals surface area contributed by atoms with E-state index in [0.717, 1.165) is 37.5 Å². The number of hydrogen-bond donors (Lipinski definition) is 2. The molecule has 2 N–H and O–H groups in total. The molecule has 0 aromatic rings. The van der Waals surface area contributed by atoms with Crippen LogP contribution in [0.1, 0.15) is 142 Å². The standard InChI is InChI=1S/C30H61N3O2.CH4O4S/c1-5-7-9-11-13-15-17-19-21-23-29(34)31-25-27-33(3,4)28-26-32-30(35)24-22-20-18-16-14-12-10-8-6-2;1-5-6(2,3)4/h5-28H2,1-4H3,(H-,31,32,34,35);1H3,(H,2,3,4). The largest absolute Gasteiger partial charge is 0.726 e. The van der Waals surface area contributed by atoms with Crippen LogP contribution in [0.15, 0.2) is 0 Å². The van der Waals surface area contributed by atoms with Gasteiger partial charge in [0.25, 0.3) is 0 Å². The molecule has 0 heterocycles. The molecule has 0 aliphatic carbocycles. The lowest BCUT2D eigenvalue weighted by atomic mass is 10.1. The molecule has 9 nitrogen and oxygen atoms in total. The van der Waals surface area contributed by atoms with Gasteiger partial charge in [-0.15, -0.1) is 0 Å². The summed E-state index contributed by atoms with van der Waals surface area (Å²) in [5.74, 6) is 0.365. The molecule has 0 aromatic carbocycles. The van der Waals surface area contributed by atoms with E-state index in [0.29, 0.717) is 25.9 Å². The molecule has 41 heavy (non-hydrogen) atoms. The number of quaternary nitrogens is 1. The Kier molecular flexibility index (Phi) is 29.5. The zero-order valence-electron chi connectivity index (χ0n) is 27.3. The Morgan fingerprint density at radius 1 is 0.610 bits per heavy atom. The number of nitrogens with one attached hydrogen (secondary N) is 2. The average Bonchev–Trinajstić information content (AvgIpc) is 2.91. The summed E-state index contributed by atoms with van der Waals surface area (Å²) in [6, 6.07) is 0. The van der Waals surface area contributed by atoms with Crippen molar-refractivity contribution < 1.29 is 31.2 Å². The maximum atomic E-state index is 12.1. The Labute approximate surface area is 253 Å². The van der Waals surface area contributed by atoms with Crippen LogP contribution in [0, 0.1) is 0 Å². The number of likely N-dealkylation sites (N-methyl/N-ethyl adjacent to an activating group) is 1. The zero-order valence-corrected chi connectivity index (χ0v) is 28.1. The number of amides is 2. The Morgan fingerprint density at radius 2 is 0.878 bits per heavy atom. The molecule has 0 aromatic heterocycles. The second kappa shape index (κ2) is 28.9. The van der Waals surface area contributed by atoms with Crippen molar-refractivity contribution in [2.45, 2.75) is 142 Å². The summed E-state index contributed by atoms with van der Waals surface area (Å²) in [4.78, 5) is 24.2. The molecule has 0 saturated heterocycles. The van der Waals surface area contributed by atoms with E-state index in [1.807, 2.05) is 0 Å². The zero-order chi connectivity index (χ0) is 31.2. The van der Waals surface area contributed by atoms with E-state index in [1.165, 1.54) is 103 Å². The van der Waals surface area contributed by atoms with Gasteiger partial charge in [-0.25, -0.2) is 8.42 Å². The molecule has 10 heteroatoms. The molecule has 0 fully saturated rings. The van der Waals surface area contributed by atoms with Crippen LogP contribution in [0.3, 0.4) is 0 Å². The molecule has 0 aliphatic rings. The molecule has 0 unspecified atom stereocenters. The first kappa shape index (κ1) is 41.9. The minimum atomic E-state index is -4.41. The first-order chi connectivity index (χ1) is 19.5. The number of nitrogens with zero attached hydrogens (tertiary/aromatic N) is 1. The Morgan fingerprint density at radius 3 is 1.15 bits per heavy atom. The van der Waals surface area contributed by atoms with Crippen LogP contribution in [0.2, 0.25) is 0 Å². The summed E-state index contributed by atoms with van der Waals surface area (Å²) in [6.45, 7) is 7.69. The van der Waals surface area contributed by atoms with Gasteiger partial charge in [-0.2, -0.15) is 0 Å². The van der Waals surface area contributed by atoms with Crippen molar-refractivity contribution in [1.29, 1.82) is 0 Å². The quantitative estimate of drug-likeness (QED) is 0.0494. The van der Waals surface area contributed by atoms with Gasteiger partial charge in [0.05, 0.1) is 47.4 Å². The van der Waals surface area contributed by atoms with Gasteiger partial charge in [0.1, 0.15) is 0 Å². The molecule has 0 spiro atoms. The van der Waals surface area contributed by atoms with Gasteiger partial charge < -0.3 is 19.7 Å². The highest BCUT2D eigenvalue weighted by Gasteiger charge is 2.15. The third-order valence-electron chi connectivity index (χ3n) is 7.30. The third kappa shape index (κ3) is 36.7. The molecule has 0 rings (SSSR count). The summed E-state index contributed by atoms with van der Waals surface area (Å²) in [7, 11) is 0.728. The lowest BCUT2D eigenvalue weighted by molar-refractivity contribution is -0.887. The summed E-state index contributed by atoms with van der Waals surface area (Å²) in [5.41, 5.74) is 0. The summed E-state index contributed by atoms with van der Waals surface area (Å²) in [5, 5.41) is 6.16. The summed E-state index contributed by atoms with van der Waals surface area (Å²) in [6.07, 6.45) is 24.3. The molecule has 0 radical (unpaired) electrons. The molecule has 2 amide bonds. The van der Waals surface area contributed by atoms with Crippen molar-refractivity contribution in [3.63, 3.8) is 0 Å². The molecule has 246 valence electrons. The second-order valence-electron chi connectivity index (χ2n) is 11.8. The van der Waals surface area contributed by atoms with E-state index >= 15 is 0 Å². The molecule has 0 bridgehead atoms. The van der Waals surface area contributed by atoms with Crippen molar-refractivity contribution in [2.75, 3.05) is 47.4 Å². The van der Waals surface area contributed by atoms with Crippen LogP contribution in [0.4, 0.5) is 0 Å². The van der Waals surface area contributed by atoms with Crippen molar-refractivity contribution >= 4 is 22.2 Å². The number of carbonyl (C=O) groups excluding carboxylic acids is 2. The highest BCUT2D eigenvalue weighted by atomic mass is 32.3. The maximum Gasteiger partial charge on any atom is 0.220 e. The van der Waals surface area contributed by atoms with Crippen molar-refractivity contribution in [2.24, 2.45) is 0 Å². The lowest BCUT2D eigenvalue weighted by Crippen LogP contribution is -2.49. The summed E-state index contributed by atoms with van der Waals surface area (Å²) < 4.78 is 31.8. The van der Waals surface area contributed by atoms with Crippen LogP contribution < -0.4 is 10.6 Å². The van der Waals surface area contributed by atoms with E-state index in [9.17, 15) is 22.6 Å². The van der Waals surface area contributed by atoms with Gasteiger partial charge in [-0.3, -0.25) is 13.8 Å². The van der Waals surface area contributed by atoms with Gasteiger partial charge >= 0.3 is 0 Å². The molecule has 0 atom stereocenters. The van der Waals surface area contributed by atoms with Gasteiger partial charge in [0.15, 0.2) is 0 Å². The molecule has 0 aliphatic heterocycles. The average molecular weight is 608 g/mol. The SMILES string of the molecule is CCCCCCCCCCCC(=O)NCC[N+](C)(C)CCNC(=O)CCCCCCCCCCC.COS(=O)(=O)[O-]. The van der Waals surface area contributed by atoms with Gasteiger partial charge in [0.2, 0.25) is 22.2 Å². The number of rotatable bonds is 27. The Balaban J connectivity index is 0. The Bertz CT molecular complexity index is 675. The number of carbonyl (C=O) groups is 2. The van der Waals surface area contributed by atoms with Crippen LogP contribution in [-0.2, 0) is 24.2 Å². The van der Waals surface area contributed by atoms with Crippen LogP contribution >= 0.6 is 0 Å². The van der Waals surface area contributed by atoms with E-state index in [1.54, 1.807) is 0 Å². The van der Waals surface area contributed by atoms with Gasteiger partial charge in [0, 0.05) is 12.8 Å². The monoisotopic (exact) mass is 607 g/mol. The summed E-state index contributed by atoms with van der Waals surface area (Å²) >= 11 is 0. The minimum Gasteiger partial charge on any atom is -0.726 e. The van der Waals surface area contributed by atoms with Crippen LogP contribution in [-0.4, -0.2) is 76.7 Å². The number of hydrogen-bond acceptors (Lipinski definition) is 6. The first-order valence-corrected chi connectivity index (χ1v) is 17.7. The van der Waals surface area contributed by atoms with E-state index in [-0.39, 0.29) is 11.8 Å². The highest BCUT2D eigenvalue weighted by Crippen LogP contribution is 2.11. The third-order valence-corrected chi connectivity index (χ3v) is 7.71. The first-order valence-electron chi connectivity index (χ1n) is 16.3. The highest BCUT2D eigenvalue weighted by molar-refractivity contribution is 7.80. The molecular formula is C31H65N3O6S. The normalized spacial score (nSPS) is 11.6. The van der Waals surface area contributed by atoms with Crippen molar-refractivity contribution in [3.8, 4) is 0 Å². The van der Waals surface area contributed by atoms with Gasteiger partial charge in [-0.1, -0.05) is 117 Å². The molecule has 0 saturated carbocycles. The van der Waals surface area contributed by atoms with E-state index in [2.05, 4.69) is 42.8 Å². The van der Waals surface area contributed by atoms with E-state index in [4.69, 9.17) is 0 Å². The predicted octanol–water partition coefficient (Wildman–Crippen LogP) is 6.23. The molecular weight excluding hydrogens is 542 g/mol. The fourth-order valence-corrected chi connectivity index (χ4v) is 4.48. The van der Waals surface area contributed by atoms with Crippen molar-refractivity contribution in [3.05, 3.63) is 0 Å². The van der Waals surface area contributed by atoms with Crippen LogP contribution in [0.5, 0.6) is 0 Å². The Hall–Kier alpha value is -1.23. The maximum absolute atomic E-state index is 12.1.